The minimum atomic E-state index is -0.976. The lowest BCUT2D eigenvalue weighted by Crippen LogP contribution is -2.03. The number of benzene rings is 1. The molecule has 1 N–H and O–H groups in total. The summed E-state index contributed by atoms with van der Waals surface area (Å²) in [4.78, 5) is 0.916. The van der Waals surface area contributed by atoms with Crippen molar-refractivity contribution < 1.29 is 4.21 Å². The van der Waals surface area contributed by atoms with E-state index in [0.717, 1.165) is 17.0 Å². The Bertz CT molecular complexity index is 346. The second kappa shape index (κ2) is 3.11. The molecule has 0 spiro atoms. The molecule has 0 aromatic heterocycles. The highest BCUT2D eigenvalue weighted by Gasteiger charge is 2.07. The smallest absolute Gasteiger partial charge is 0.0794 e. The summed E-state index contributed by atoms with van der Waals surface area (Å²) in [5.41, 5.74) is 1.11. The van der Waals surface area contributed by atoms with E-state index in [2.05, 4.69) is 5.32 Å². The Morgan fingerprint density at radius 2 is 2.17 bits per heavy atom. The van der Waals surface area contributed by atoms with Crippen molar-refractivity contribution in [1.29, 1.82) is 0 Å². The molecule has 2 nitrogen and oxygen atoms in total. The number of hydrogen-bond acceptors (Lipinski definition) is 2. The SMILES string of the molecule is O=S1C=CNCc2ccccc21. The van der Waals surface area contributed by atoms with Crippen LogP contribution in [0, 0.1) is 0 Å². The normalized spacial score (nSPS) is 20.8. The molecule has 2 rings (SSSR count). The van der Waals surface area contributed by atoms with Crippen molar-refractivity contribution in [2.24, 2.45) is 0 Å². The van der Waals surface area contributed by atoms with Gasteiger partial charge >= 0.3 is 0 Å². The van der Waals surface area contributed by atoms with Gasteiger partial charge < -0.3 is 5.32 Å². The molecule has 62 valence electrons. The summed E-state index contributed by atoms with van der Waals surface area (Å²) in [6.45, 7) is 0.762. The summed E-state index contributed by atoms with van der Waals surface area (Å²) in [6.07, 6.45) is 1.75. The van der Waals surface area contributed by atoms with Crippen LogP contribution in [0.25, 0.3) is 0 Å². The average Bonchev–Trinajstić information content (AvgIpc) is 2.29. The topological polar surface area (TPSA) is 29.1 Å². The van der Waals surface area contributed by atoms with E-state index in [4.69, 9.17) is 0 Å². The molecule has 0 amide bonds. The van der Waals surface area contributed by atoms with Gasteiger partial charge in [-0.05, 0) is 11.6 Å². The molecule has 0 saturated carbocycles. The monoisotopic (exact) mass is 179 g/mol. The van der Waals surface area contributed by atoms with Crippen molar-refractivity contribution in [3.8, 4) is 0 Å². The van der Waals surface area contributed by atoms with Gasteiger partial charge in [-0.3, -0.25) is 0 Å². The first kappa shape index (κ1) is 7.55. The molecule has 3 heteroatoms. The predicted octanol–water partition coefficient (Wildman–Crippen LogP) is 1.37. The van der Waals surface area contributed by atoms with Gasteiger partial charge in [0.15, 0.2) is 0 Å². The molecule has 1 heterocycles. The average molecular weight is 179 g/mol. The summed E-state index contributed by atoms with van der Waals surface area (Å²) >= 11 is 0. The van der Waals surface area contributed by atoms with Crippen molar-refractivity contribution in [2.45, 2.75) is 11.4 Å². The highest BCUT2D eigenvalue weighted by Crippen LogP contribution is 2.15. The van der Waals surface area contributed by atoms with Crippen molar-refractivity contribution in [2.75, 3.05) is 0 Å². The molecule has 1 aliphatic heterocycles. The molecular formula is C9H9NOS. The molecule has 0 radical (unpaired) electrons. The molecule has 12 heavy (non-hydrogen) atoms. The largest absolute Gasteiger partial charge is 0.386 e. The van der Waals surface area contributed by atoms with E-state index in [0.29, 0.717) is 0 Å². The van der Waals surface area contributed by atoms with E-state index in [1.807, 2.05) is 24.3 Å². The standard InChI is InChI=1S/C9H9NOS/c11-12-6-5-10-7-8-3-1-2-4-9(8)12/h1-6,10H,7H2. The van der Waals surface area contributed by atoms with Gasteiger partial charge in [0.1, 0.15) is 0 Å². The molecule has 0 saturated heterocycles. The van der Waals surface area contributed by atoms with E-state index in [9.17, 15) is 4.21 Å². The van der Waals surface area contributed by atoms with Gasteiger partial charge in [0.25, 0.3) is 0 Å². The first-order valence-corrected chi connectivity index (χ1v) is 4.98. The van der Waals surface area contributed by atoms with Crippen LogP contribution in [0.2, 0.25) is 0 Å². The Kier molecular flexibility index (Phi) is 1.96. The quantitative estimate of drug-likeness (QED) is 0.651. The fourth-order valence-electron chi connectivity index (χ4n) is 1.20. The molecule has 1 aromatic carbocycles. The van der Waals surface area contributed by atoms with Gasteiger partial charge in [-0.2, -0.15) is 0 Å². The Morgan fingerprint density at radius 3 is 3.08 bits per heavy atom. The second-order valence-corrected chi connectivity index (χ2v) is 3.90. The van der Waals surface area contributed by atoms with Gasteiger partial charge in [0, 0.05) is 23.0 Å². The third kappa shape index (κ3) is 1.28. The first-order valence-electron chi connectivity index (χ1n) is 3.76. The number of rotatable bonds is 0. The fraction of sp³-hybridized carbons (Fsp3) is 0.111. The van der Waals surface area contributed by atoms with Crippen LogP contribution in [0.15, 0.2) is 40.8 Å². The Hall–Kier alpha value is -1.09. The van der Waals surface area contributed by atoms with Crippen LogP contribution in [0.4, 0.5) is 0 Å². The lowest BCUT2D eigenvalue weighted by molar-refractivity contribution is 0.688. The lowest BCUT2D eigenvalue weighted by atomic mass is 10.2. The number of hydrogen-bond donors (Lipinski definition) is 1. The molecule has 0 bridgehead atoms. The van der Waals surface area contributed by atoms with E-state index >= 15 is 0 Å². The van der Waals surface area contributed by atoms with Crippen LogP contribution >= 0.6 is 0 Å². The van der Waals surface area contributed by atoms with Crippen LogP contribution < -0.4 is 5.32 Å². The van der Waals surface area contributed by atoms with E-state index in [1.165, 1.54) is 0 Å². The summed E-state index contributed by atoms with van der Waals surface area (Å²) in [7, 11) is -0.976. The summed E-state index contributed by atoms with van der Waals surface area (Å²) in [5.74, 6) is 0. The minimum absolute atomic E-state index is 0.762. The Labute approximate surface area is 73.8 Å². The Morgan fingerprint density at radius 1 is 1.33 bits per heavy atom. The van der Waals surface area contributed by atoms with E-state index in [1.54, 1.807) is 11.6 Å². The third-order valence-electron chi connectivity index (χ3n) is 1.79. The maximum Gasteiger partial charge on any atom is 0.0794 e. The molecular weight excluding hydrogens is 170 g/mol. The zero-order chi connectivity index (χ0) is 8.39. The maximum absolute atomic E-state index is 11.5. The summed E-state index contributed by atoms with van der Waals surface area (Å²) < 4.78 is 11.5. The zero-order valence-electron chi connectivity index (χ0n) is 6.49. The highest BCUT2D eigenvalue weighted by atomic mass is 32.2. The van der Waals surface area contributed by atoms with E-state index in [-0.39, 0.29) is 0 Å². The highest BCUT2D eigenvalue weighted by molar-refractivity contribution is 7.88. The van der Waals surface area contributed by atoms with Gasteiger partial charge in [0.05, 0.1) is 10.8 Å². The van der Waals surface area contributed by atoms with Crippen LogP contribution in [0.1, 0.15) is 5.56 Å². The van der Waals surface area contributed by atoms with Crippen molar-refractivity contribution >= 4 is 10.8 Å². The molecule has 1 aromatic rings. The van der Waals surface area contributed by atoms with Crippen molar-refractivity contribution in [3.05, 3.63) is 41.4 Å². The van der Waals surface area contributed by atoms with Crippen LogP contribution in [-0.2, 0) is 17.3 Å². The summed E-state index contributed by atoms with van der Waals surface area (Å²) in [5, 5.41) is 4.73. The van der Waals surface area contributed by atoms with Crippen LogP contribution in [0.5, 0.6) is 0 Å². The van der Waals surface area contributed by atoms with Gasteiger partial charge in [0.2, 0.25) is 0 Å². The maximum atomic E-state index is 11.5. The first-order chi connectivity index (χ1) is 5.88. The minimum Gasteiger partial charge on any atom is -0.386 e. The fourth-order valence-corrected chi connectivity index (χ4v) is 2.18. The third-order valence-corrected chi connectivity index (χ3v) is 3.01. The summed E-state index contributed by atoms with van der Waals surface area (Å²) in [6, 6.07) is 7.77. The van der Waals surface area contributed by atoms with Crippen LogP contribution in [-0.4, -0.2) is 4.21 Å². The Balaban J connectivity index is 2.53. The molecule has 1 unspecified atom stereocenters. The molecule has 1 aliphatic rings. The van der Waals surface area contributed by atoms with E-state index < -0.39 is 10.8 Å². The van der Waals surface area contributed by atoms with Crippen molar-refractivity contribution in [1.82, 2.24) is 5.32 Å². The molecule has 1 atom stereocenters. The predicted molar refractivity (Wildman–Crippen MR) is 48.8 cm³/mol. The molecule has 0 fully saturated rings. The zero-order valence-corrected chi connectivity index (χ0v) is 7.30. The van der Waals surface area contributed by atoms with Gasteiger partial charge in [-0.15, -0.1) is 0 Å². The van der Waals surface area contributed by atoms with Crippen LogP contribution in [0.3, 0.4) is 0 Å². The number of nitrogens with one attached hydrogen (secondary N) is 1. The van der Waals surface area contributed by atoms with Gasteiger partial charge in [-0.1, -0.05) is 18.2 Å². The molecule has 0 aliphatic carbocycles. The van der Waals surface area contributed by atoms with Crippen molar-refractivity contribution in [3.63, 3.8) is 0 Å². The second-order valence-electron chi connectivity index (χ2n) is 2.59. The number of fused-ring (bicyclic) bond motifs is 1. The lowest BCUT2D eigenvalue weighted by Gasteiger charge is -2.02. The van der Waals surface area contributed by atoms with Gasteiger partial charge in [-0.25, -0.2) is 4.21 Å².